The summed E-state index contributed by atoms with van der Waals surface area (Å²) in [4.78, 5) is 75.2. The number of unbranched alkanes of at least 4 members (excludes halogenated alkanes) is 14. The fourth-order valence-electron chi connectivity index (χ4n) is 6.09. The van der Waals surface area contributed by atoms with Crippen molar-refractivity contribution in [1.29, 1.82) is 0 Å². The number of methoxy groups -OCH3 is 1. The third-order valence-electron chi connectivity index (χ3n) is 9.34. The van der Waals surface area contributed by atoms with Gasteiger partial charge in [-0.2, -0.15) is 0 Å². The number of carbonyl (C=O) groups is 6. The molecule has 13 heteroatoms. The first-order valence-corrected chi connectivity index (χ1v) is 21.2. The maximum absolute atomic E-state index is 13.1. The van der Waals surface area contributed by atoms with Gasteiger partial charge in [0, 0.05) is 18.9 Å². The number of hydrogen-bond acceptors (Lipinski definition) is 10. The van der Waals surface area contributed by atoms with Crippen LogP contribution >= 0.6 is 0 Å². The molecule has 0 spiro atoms. The molecule has 0 radical (unpaired) electrons. The van der Waals surface area contributed by atoms with Crippen molar-refractivity contribution in [2.75, 3.05) is 26.9 Å². The van der Waals surface area contributed by atoms with Crippen molar-refractivity contribution in [3.8, 4) is 11.5 Å². The molecule has 0 saturated carbocycles. The SMILES string of the molecule is CCCCCCCCCCCCCCCCCC(=O)Oc1ccc(/C=C/C(=O)NCC(=O)N[C@H](C(=O)N[C@H](CCC(=O)OCC)C(=O)OCC)C(C)C)cc1OC. The van der Waals surface area contributed by atoms with Crippen molar-refractivity contribution in [2.45, 2.75) is 162 Å². The van der Waals surface area contributed by atoms with Crippen LogP contribution in [0.3, 0.4) is 0 Å². The first-order valence-electron chi connectivity index (χ1n) is 21.2. The average Bonchev–Trinajstić information content (AvgIpc) is 3.18. The number of hydrogen-bond donors (Lipinski definition) is 3. The predicted molar refractivity (Wildman–Crippen MR) is 221 cm³/mol. The van der Waals surface area contributed by atoms with Crippen LogP contribution in [0.5, 0.6) is 11.5 Å². The van der Waals surface area contributed by atoms with Crippen molar-refractivity contribution < 1.29 is 47.7 Å². The van der Waals surface area contributed by atoms with E-state index < -0.39 is 48.3 Å². The van der Waals surface area contributed by atoms with Gasteiger partial charge in [0.05, 0.1) is 26.9 Å². The van der Waals surface area contributed by atoms with Crippen LogP contribution in [-0.4, -0.2) is 74.6 Å². The molecule has 3 N–H and O–H groups in total. The summed E-state index contributed by atoms with van der Waals surface area (Å²) in [5, 5.41) is 7.64. The van der Waals surface area contributed by atoms with Crippen LogP contribution in [0.2, 0.25) is 0 Å². The Bertz CT molecular complexity index is 1380. The summed E-state index contributed by atoms with van der Waals surface area (Å²) in [6.07, 6.45) is 21.7. The topological polar surface area (TPSA) is 175 Å². The maximum Gasteiger partial charge on any atom is 0.328 e. The van der Waals surface area contributed by atoms with Gasteiger partial charge in [-0.1, -0.05) is 117 Å². The number of nitrogens with one attached hydrogen (secondary N) is 3. The highest BCUT2D eigenvalue weighted by molar-refractivity contribution is 5.96. The lowest BCUT2D eigenvalue weighted by Gasteiger charge is -2.24. The second-order valence-corrected chi connectivity index (χ2v) is 14.6. The zero-order valence-corrected chi connectivity index (χ0v) is 35.6. The van der Waals surface area contributed by atoms with E-state index in [1.54, 1.807) is 45.9 Å². The van der Waals surface area contributed by atoms with E-state index in [1.165, 1.54) is 96.3 Å². The van der Waals surface area contributed by atoms with Crippen molar-refractivity contribution in [3.05, 3.63) is 29.8 Å². The van der Waals surface area contributed by atoms with Crippen LogP contribution in [-0.2, 0) is 38.2 Å². The second kappa shape index (κ2) is 31.6. The van der Waals surface area contributed by atoms with Gasteiger partial charge in [0.2, 0.25) is 17.7 Å². The van der Waals surface area contributed by atoms with Crippen LogP contribution in [0.1, 0.15) is 156 Å². The molecule has 1 aromatic carbocycles. The molecule has 2 atom stereocenters. The van der Waals surface area contributed by atoms with E-state index in [9.17, 15) is 28.8 Å². The molecular formula is C44H71N3O10. The Kier molecular flexibility index (Phi) is 28.1. The normalized spacial score (nSPS) is 12.1. The van der Waals surface area contributed by atoms with E-state index in [-0.39, 0.29) is 43.7 Å². The molecule has 0 unspecified atom stereocenters. The van der Waals surface area contributed by atoms with Gasteiger partial charge < -0.3 is 34.9 Å². The van der Waals surface area contributed by atoms with Gasteiger partial charge >= 0.3 is 17.9 Å². The molecule has 0 aromatic heterocycles. The Labute approximate surface area is 341 Å². The first-order chi connectivity index (χ1) is 27.4. The molecule has 57 heavy (non-hydrogen) atoms. The number of ether oxygens (including phenoxy) is 4. The van der Waals surface area contributed by atoms with Crippen LogP contribution < -0.4 is 25.4 Å². The van der Waals surface area contributed by atoms with Crippen LogP contribution in [0.25, 0.3) is 6.08 Å². The zero-order chi connectivity index (χ0) is 42.3. The molecule has 0 fully saturated rings. The summed E-state index contributed by atoms with van der Waals surface area (Å²) >= 11 is 0. The number of esters is 3. The minimum atomic E-state index is -1.12. The lowest BCUT2D eigenvalue weighted by molar-refractivity contribution is -0.149. The van der Waals surface area contributed by atoms with E-state index in [0.717, 1.165) is 19.3 Å². The Morgan fingerprint density at radius 3 is 1.81 bits per heavy atom. The molecule has 3 amide bonds. The van der Waals surface area contributed by atoms with Crippen LogP contribution in [0.4, 0.5) is 0 Å². The molecule has 13 nitrogen and oxygen atoms in total. The highest BCUT2D eigenvalue weighted by Crippen LogP contribution is 2.29. The van der Waals surface area contributed by atoms with Gasteiger partial charge in [-0.15, -0.1) is 0 Å². The molecule has 0 aliphatic rings. The van der Waals surface area contributed by atoms with Crippen molar-refractivity contribution >= 4 is 41.7 Å². The number of amides is 3. The van der Waals surface area contributed by atoms with Crippen molar-refractivity contribution in [3.63, 3.8) is 0 Å². The lowest BCUT2D eigenvalue weighted by Crippen LogP contribution is -2.55. The fraction of sp³-hybridized carbons (Fsp3) is 0.682. The molecule has 322 valence electrons. The maximum atomic E-state index is 13.1. The second-order valence-electron chi connectivity index (χ2n) is 14.6. The molecule has 0 bridgehead atoms. The van der Waals surface area contributed by atoms with Gasteiger partial charge in [-0.25, -0.2) is 4.79 Å². The Hall–Kier alpha value is -4.42. The minimum absolute atomic E-state index is 0.0378. The van der Waals surface area contributed by atoms with E-state index in [4.69, 9.17) is 18.9 Å². The summed E-state index contributed by atoms with van der Waals surface area (Å²) < 4.78 is 20.9. The molecule has 0 aliphatic heterocycles. The monoisotopic (exact) mass is 802 g/mol. The van der Waals surface area contributed by atoms with Crippen molar-refractivity contribution in [2.24, 2.45) is 5.92 Å². The Balaban J connectivity index is 2.48. The smallest absolute Gasteiger partial charge is 0.328 e. The molecule has 0 heterocycles. The van der Waals surface area contributed by atoms with E-state index in [1.807, 2.05) is 0 Å². The number of carbonyl (C=O) groups excluding carboxylic acids is 6. The highest BCUT2D eigenvalue weighted by Gasteiger charge is 2.30. The molecule has 1 rings (SSSR count). The van der Waals surface area contributed by atoms with Crippen LogP contribution in [0.15, 0.2) is 24.3 Å². The quantitative estimate of drug-likeness (QED) is 0.0286. The van der Waals surface area contributed by atoms with Gasteiger partial charge in [0.1, 0.15) is 12.1 Å². The van der Waals surface area contributed by atoms with E-state index in [0.29, 0.717) is 17.7 Å². The standard InChI is InChI=1S/C44H71N3O10/c1-7-10-11-12-13-14-15-16-17-18-19-20-21-22-23-24-41(51)57-36-28-25-34(31-37(36)54-6)26-29-38(48)45-32-39(49)47-42(33(4)5)43(52)46-35(44(53)56-9-3)27-30-40(50)55-8-2/h25-26,28-29,31,33,35,42H,7-24,27,30,32H2,1-6H3,(H,45,48)(H,46,52)(H,47,49)/b29-26+/t35-,42+/m1/s1. The molecule has 0 saturated heterocycles. The summed E-state index contributed by atoms with van der Waals surface area (Å²) in [5.41, 5.74) is 0.601. The summed E-state index contributed by atoms with van der Waals surface area (Å²) in [5.74, 6) is -3.11. The fourth-order valence-corrected chi connectivity index (χ4v) is 6.09. The zero-order valence-electron chi connectivity index (χ0n) is 35.6. The summed E-state index contributed by atoms with van der Waals surface area (Å²) in [6, 6.07) is 2.77. The van der Waals surface area contributed by atoms with Gasteiger partial charge in [0.15, 0.2) is 11.5 Å². The van der Waals surface area contributed by atoms with Gasteiger partial charge in [-0.05, 0) is 56.4 Å². The Morgan fingerprint density at radius 2 is 1.26 bits per heavy atom. The van der Waals surface area contributed by atoms with Gasteiger partial charge in [0.25, 0.3) is 0 Å². The minimum Gasteiger partial charge on any atom is -0.493 e. The van der Waals surface area contributed by atoms with E-state index >= 15 is 0 Å². The average molecular weight is 802 g/mol. The third-order valence-corrected chi connectivity index (χ3v) is 9.34. The van der Waals surface area contributed by atoms with E-state index in [2.05, 4.69) is 22.9 Å². The number of benzene rings is 1. The first kappa shape index (κ1) is 50.6. The van der Waals surface area contributed by atoms with Gasteiger partial charge in [-0.3, -0.25) is 24.0 Å². The number of rotatable bonds is 32. The summed E-state index contributed by atoms with van der Waals surface area (Å²) in [7, 11) is 1.46. The highest BCUT2D eigenvalue weighted by atomic mass is 16.6. The van der Waals surface area contributed by atoms with Crippen LogP contribution in [0, 0.1) is 5.92 Å². The largest absolute Gasteiger partial charge is 0.493 e. The Morgan fingerprint density at radius 1 is 0.684 bits per heavy atom. The molecule has 1 aromatic rings. The molecular weight excluding hydrogens is 730 g/mol. The lowest BCUT2D eigenvalue weighted by atomic mass is 10.0. The summed E-state index contributed by atoms with van der Waals surface area (Å²) in [6.45, 7) is 8.82. The van der Waals surface area contributed by atoms with Crippen molar-refractivity contribution in [1.82, 2.24) is 16.0 Å². The molecule has 0 aliphatic carbocycles. The third kappa shape index (κ3) is 24.1. The predicted octanol–water partition coefficient (Wildman–Crippen LogP) is 7.52.